The van der Waals surface area contributed by atoms with E-state index >= 15 is 0 Å². The van der Waals surface area contributed by atoms with Crippen LogP contribution in [0.25, 0.3) is 0 Å². The number of aromatic nitrogens is 3. The van der Waals surface area contributed by atoms with Gasteiger partial charge in [0.25, 0.3) is 0 Å². The Bertz CT molecular complexity index is 906. The van der Waals surface area contributed by atoms with Gasteiger partial charge in [-0.15, -0.1) is 0 Å². The highest BCUT2D eigenvalue weighted by molar-refractivity contribution is 7.89. The second-order valence-electron chi connectivity index (χ2n) is 5.41. The van der Waals surface area contributed by atoms with E-state index in [0.29, 0.717) is 12.3 Å². The Morgan fingerprint density at radius 1 is 1.04 bits per heavy atom. The zero-order chi connectivity index (χ0) is 17.7. The van der Waals surface area contributed by atoms with Crippen molar-refractivity contribution in [2.24, 2.45) is 0 Å². The first kappa shape index (κ1) is 17.1. The van der Waals surface area contributed by atoms with E-state index in [4.69, 9.17) is 4.74 Å². The molecule has 1 heterocycles. The van der Waals surface area contributed by atoms with Crippen molar-refractivity contribution in [3.63, 3.8) is 0 Å². The first-order chi connectivity index (χ1) is 12.1. The molecule has 1 N–H and O–H groups in total. The van der Waals surface area contributed by atoms with Gasteiger partial charge in [-0.2, -0.15) is 5.10 Å². The molecule has 0 spiro atoms. The van der Waals surface area contributed by atoms with E-state index in [0.717, 1.165) is 11.1 Å². The Kier molecular flexibility index (Phi) is 5.11. The predicted molar refractivity (Wildman–Crippen MR) is 92.6 cm³/mol. The molecule has 0 aliphatic heterocycles. The van der Waals surface area contributed by atoms with Gasteiger partial charge >= 0.3 is 0 Å². The van der Waals surface area contributed by atoms with Crippen molar-refractivity contribution in [1.29, 1.82) is 0 Å². The molecule has 0 aliphatic rings. The largest absolute Gasteiger partial charge is 0.497 e. The smallest absolute Gasteiger partial charge is 0.240 e. The number of hydrogen-bond donors (Lipinski definition) is 1. The van der Waals surface area contributed by atoms with Crippen molar-refractivity contribution < 1.29 is 13.2 Å². The molecule has 2 aromatic carbocycles. The zero-order valence-corrected chi connectivity index (χ0v) is 14.5. The molecular weight excluding hydrogens is 340 g/mol. The van der Waals surface area contributed by atoms with Gasteiger partial charge in [0.2, 0.25) is 10.0 Å². The second-order valence-corrected chi connectivity index (χ2v) is 7.18. The highest BCUT2D eigenvalue weighted by Gasteiger charge is 2.13. The van der Waals surface area contributed by atoms with Crippen LogP contribution in [0.1, 0.15) is 11.1 Å². The van der Waals surface area contributed by atoms with Crippen LogP contribution in [-0.4, -0.2) is 30.3 Å². The minimum atomic E-state index is -3.56. The predicted octanol–water partition coefficient (Wildman–Crippen LogP) is 1.81. The molecule has 8 heteroatoms. The molecule has 0 atom stereocenters. The van der Waals surface area contributed by atoms with Crippen LogP contribution in [0.2, 0.25) is 0 Å². The van der Waals surface area contributed by atoms with Crippen molar-refractivity contribution in [3.05, 3.63) is 72.3 Å². The molecule has 1 aromatic heterocycles. The normalized spacial score (nSPS) is 11.4. The number of rotatable bonds is 7. The molecule has 3 aromatic rings. The third-order valence-corrected chi connectivity index (χ3v) is 5.09. The molecular formula is C17H18N4O3S. The molecule has 130 valence electrons. The monoisotopic (exact) mass is 358 g/mol. The van der Waals surface area contributed by atoms with Gasteiger partial charge in [-0.1, -0.05) is 24.3 Å². The number of methoxy groups -OCH3 is 1. The van der Waals surface area contributed by atoms with E-state index in [2.05, 4.69) is 14.8 Å². The first-order valence-corrected chi connectivity index (χ1v) is 9.09. The fourth-order valence-electron chi connectivity index (χ4n) is 2.28. The van der Waals surface area contributed by atoms with Crippen LogP contribution in [-0.2, 0) is 23.1 Å². The lowest BCUT2D eigenvalue weighted by atomic mass is 10.1. The van der Waals surface area contributed by atoms with E-state index in [1.165, 1.54) is 25.6 Å². The summed E-state index contributed by atoms with van der Waals surface area (Å²) in [7, 11) is -2.03. The van der Waals surface area contributed by atoms with Crippen LogP contribution >= 0.6 is 0 Å². The fraction of sp³-hybridized carbons (Fsp3) is 0.176. The van der Waals surface area contributed by atoms with Crippen LogP contribution in [0.3, 0.4) is 0 Å². The summed E-state index contributed by atoms with van der Waals surface area (Å²) >= 11 is 0. The lowest BCUT2D eigenvalue weighted by Crippen LogP contribution is -2.23. The van der Waals surface area contributed by atoms with Crippen molar-refractivity contribution in [2.75, 3.05) is 7.11 Å². The number of benzene rings is 2. The standard InChI is InChI=1S/C17H18N4O3S/c1-24-16-6-8-17(9-7-16)25(22,23)20-10-14-2-4-15(5-3-14)11-21-13-18-12-19-21/h2-9,12-13,20H,10-11H2,1H3. The summed E-state index contributed by atoms with van der Waals surface area (Å²) in [4.78, 5) is 4.10. The fourth-order valence-corrected chi connectivity index (χ4v) is 3.30. The van der Waals surface area contributed by atoms with E-state index in [1.54, 1.807) is 23.1 Å². The summed E-state index contributed by atoms with van der Waals surface area (Å²) in [6.45, 7) is 0.843. The van der Waals surface area contributed by atoms with Gasteiger partial charge in [-0.3, -0.25) is 0 Å². The molecule has 7 nitrogen and oxygen atoms in total. The summed E-state index contributed by atoms with van der Waals surface area (Å²) in [5.41, 5.74) is 1.94. The third kappa shape index (κ3) is 4.43. The average molecular weight is 358 g/mol. The molecule has 0 unspecified atom stereocenters. The summed E-state index contributed by atoms with van der Waals surface area (Å²) in [5, 5.41) is 4.05. The number of nitrogens with zero attached hydrogens (tertiary/aromatic N) is 3. The number of nitrogens with one attached hydrogen (secondary N) is 1. The zero-order valence-electron chi connectivity index (χ0n) is 13.7. The number of hydrogen-bond acceptors (Lipinski definition) is 5. The van der Waals surface area contributed by atoms with E-state index < -0.39 is 10.0 Å². The summed E-state index contributed by atoms with van der Waals surface area (Å²) in [6.07, 6.45) is 3.14. The van der Waals surface area contributed by atoms with Gasteiger partial charge in [0.1, 0.15) is 18.4 Å². The van der Waals surface area contributed by atoms with Crippen LogP contribution in [0, 0.1) is 0 Å². The Morgan fingerprint density at radius 2 is 1.72 bits per heavy atom. The molecule has 25 heavy (non-hydrogen) atoms. The molecule has 0 radical (unpaired) electrons. The van der Waals surface area contributed by atoms with Crippen LogP contribution in [0.15, 0.2) is 66.1 Å². The second kappa shape index (κ2) is 7.45. The Morgan fingerprint density at radius 3 is 2.32 bits per heavy atom. The van der Waals surface area contributed by atoms with Crippen molar-refractivity contribution in [2.45, 2.75) is 18.0 Å². The van der Waals surface area contributed by atoms with Crippen molar-refractivity contribution in [1.82, 2.24) is 19.5 Å². The average Bonchev–Trinajstić information content (AvgIpc) is 3.14. The highest BCUT2D eigenvalue weighted by Crippen LogP contribution is 2.16. The quantitative estimate of drug-likeness (QED) is 0.696. The molecule has 0 fully saturated rings. The van der Waals surface area contributed by atoms with Gasteiger partial charge in [-0.25, -0.2) is 22.8 Å². The van der Waals surface area contributed by atoms with Crippen LogP contribution in [0.4, 0.5) is 0 Å². The van der Waals surface area contributed by atoms with Crippen LogP contribution < -0.4 is 9.46 Å². The minimum Gasteiger partial charge on any atom is -0.497 e. The molecule has 0 bridgehead atoms. The van der Waals surface area contributed by atoms with Gasteiger partial charge in [-0.05, 0) is 35.4 Å². The Balaban J connectivity index is 1.62. The molecule has 3 rings (SSSR count). The maximum absolute atomic E-state index is 12.3. The maximum atomic E-state index is 12.3. The molecule has 0 amide bonds. The summed E-state index contributed by atoms with van der Waals surface area (Å²) in [6, 6.07) is 13.9. The van der Waals surface area contributed by atoms with Crippen LogP contribution in [0.5, 0.6) is 5.75 Å². The van der Waals surface area contributed by atoms with E-state index in [1.807, 2.05) is 24.3 Å². The van der Waals surface area contributed by atoms with Gasteiger partial charge < -0.3 is 4.74 Å². The minimum absolute atomic E-state index is 0.205. The summed E-state index contributed by atoms with van der Waals surface area (Å²) in [5.74, 6) is 0.613. The van der Waals surface area contributed by atoms with Gasteiger partial charge in [0.05, 0.1) is 18.6 Å². The van der Waals surface area contributed by atoms with Crippen molar-refractivity contribution >= 4 is 10.0 Å². The molecule has 0 saturated carbocycles. The lowest BCUT2D eigenvalue weighted by Gasteiger charge is -2.08. The number of ether oxygens (including phenoxy) is 1. The Labute approximate surface area is 146 Å². The van der Waals surface area contributed by atoms with E-state index in [9.17, 15) is 8.42 Å². The van der Waals surface area contributed by atoms with E-state index in [-0.39, 0.29) is 11.4 Å². The Hall–Kier alpha value is -2.71. The molecule has 0 aliphatic carbocycles. The third-order valence-electron chi connectivity index (χ3n) is 3.67. The topological polar surface area (TPSA) is 86.1 Å². The highest BCUT2D eigenvalue weighted by atomic mass is 32.2. The summed E-state index contributed by atoms with van der Waals surface area (Å²) < 4.78 is 34.0. The molecule has 0 saturated heterocycles. The maximum Gasteiger partial charge on any atom is 0.240 e. The number of sulfonamides is 1. The lowest BCUT2D eigenvalue weighted by molar-refractivity contribution is 0.414. The van der Waals surface area contributed by atoms with Gasteiger partial charge in [0, 0.05) is 6.54 Å². The first-order valence-electron chi connectivity index (χ1n) is 7.61. The SMILES string of the molecule is COc1ccc(S(=O)(=O)NCc2ccc(Cn3cncn3)cc2)cc1. The van der Waals surface area contributed by atoms with Gasteiger partial charge in [0.15, 0.2) is 0 Å². The van der Waals surface area contributed by atoms with Crippen molar-refractivity contribution in [3.8, 4) is 5.75 Å².